The Labute approximate surface area is 302 Å². The zero-order valence-electron chi connectivity index (χ0n) is 29.2. The van der Waals surface area contributed by atoms with E-state index >= 15 is 0 Å². The van der Waals surface area contributed by atoms with E-state index in [1.807, 2.05) is 74.7 Å². The van der Waals surface area contributed by atoms with E-state index in [1.54, 1.807) is 12.1 Å². The highest BCUT2D eigenvalue weighted by atomic mass is 35.5. The van der Waals surface area contributed by atoms with Crippen LogP contribution in [0, 0.1) is 27.7 Å². The highest BCUT2D eigenvalue weighted by molar-refractivity contribution is 6.35. The Kier molecular flexibility index (Phi) is 10.3. The van der Waals surface area contributed by atoms with Crippen molar-refractivity contribution in [1.82, 2.24) is 19.2 Å². The van der Waals surface area contributed by atoms with Gasteiger partial charge in [0.1, 0.15) is 11.4 Å². The molecule has 50 heavy (non-hydrogen) atoms. The lowest BCUT2D eigenvalue weighted by Crippen LogP contribution is -2.31. The van der Waals surface area contributed by atoms with Crippen molar-refractivity contribution in [2.75, 3.05) is 19.7 Å². The van der Waals surface area contributed by atoms with Crippen molar-refractivity contribution in [3.8, 4) is 16.9 Å². The van der Waals surface area contributed by atoms with E-state index in [9.17, 15) is 14.7 Å². The van der Waals surface area contributed by atoms with Crippen molar-refractivity contribution >= 4 is 46.0 Å². The molecule has 262 valence electrons. The van der Waals surface area contributed by atoms with Crippen LogP contribution in [0.1, 0.15) is 72.9 Å². The molecule has 1 aliphatic rings. The van der Waals surface area contributed by atoms with E-state index < -0.39 is 5.97 Å². The van der Waals surface area contributed by atoms with E-state index in [0.29, 0.717) is 62.6 Å². The van der Waals surface area contributed by atoms with Gasteiger partial charge in [-0.3, -0.25) is 9.48 Å². The summed E-state index contributed by atoms with van der Waals surface area (Å²) in [5.41, 5.74) is 15.8. The molecule has 0 radical (unpaired) electrons. The van der Waals surface area contributed by atoms with Crippen LogP contribution in [0.25, 0.3) is 22.0 Å². The Morgan fingerprint density at radius 3 is 2.36 bits per heavy atom. The number of aryl methyl sites for hydroxylation is 6. The number of carboxylic acid groups (broad SMARTS) is 1. The number of amides is 1. The average Bonchev–Trinajstić information content (AvgIpc) is 3.45. The van der Waals surface area contributed by atoms with E-state index in [-0.39, 0.29) is 18.0 Å². The van der Waals surface area contributed by atoms with Crippen molar-refractivity contribution in [3.05, 3.63) is 103 Å². The number of hydrogen-bond donors (Lipinski definition) is 2. The number of aromatic carboxylic acids is 1. The number of carbonyl (C=O) groups is 2. The summed E-state index contributed by atoms with van der Waals surface area (Å²) in [6.45, 7) is 10.2. The van der Waals surface area contributed by atoms with Gasteiger partial charge >= 0.3 is 5.97 Å². The number of ether oxygens (including phenoxy) is 1. The highest BCUT2D eigenvalue weighted by Gasteiger charge is 2.32. The Morgan fingerprint density at radius 2 is 1.70 bits per heavy atom. The van der Waals surface area contributed by atoms with Gasteiger partial charge in [-0.1, -0.05) is 35.3 Å². The van der Waals surface area contributed by atoms with E-state index in [2.05, 4.69) is 4.57 Å². The SMILES string of the molecule is Cc1cc(OCCCc2c3n(c4c(-c5c(C)nn(C)c5C)c(Cl)ccc24)CCCN(Cc2cc(CCN)cc(C(=O)O)c2)C3=O)cc(C)c1Cl. The van der Waals surface area contributed by atoms with Crippen molar-refractivity contribution in [2.45, 2.75) is 66.5 Å². The average molecular weight is 717 g/mol. The van der Waals surface area contributed by atoms with Crippen LogP contribution in [-0.4, -0.2) is 55.9 Å². The first kappa shape index (κ1) is 35.5. The molecule has 0 saturated heterocycles. The smallest absolute Gasteiger partial charge is 0.335 e. The van der Waals surface area contributed by atoms with Gasteiger partial charge in [-0.2, -0.15) is 5.10 Å². The fourth-order valence-corrected chi connectivity index (χ4v) is 7.70. The zero-order valence-corrected chi connectivity index (χ0v) is 30.7. The number of aromatic nitrogens is 3. The molecule has 0 bridgehead atoms. The van der Waals surface area contributed by atoms with E-state index in [0.717, 1.165) is 72.0 Å². The summed E-state index contributed by atoms with van der Waals surface area (Å²) in [4.78, 5) is 28.6. The molecule has 0 aliphatic carbocycles. The lowest BCUT2D eigenvalue weighted by molar-refractivity contribution is 0.0696. The minimum Gasteiger partial charge on any atom is -0.494 e. The summed E-state index contributed by atoms with van der Waals surface area (Å²) in [5.74, 6) is -0.339. The largest absolute Gasteiger partial charge is 0.494 e. The summed E-state index contributed by atoms with van der Waals surface area (Å²) in [6, 6.07) is 13.1. The molecule has 3 heterocycles. The molecule has 1 amide bonds. The molecule has 5 aromatic rings. The molecule has 1 aliphatic heterocycles. The van der Waals surface area contributed by atoms with Gasteiger partial charge in [0.2, 0.25) is 0 Å². The molecular weight excluding hydrogens is 673 g/mol. The minimum absolute atomic E-state index is 0.0959. The van der Waals surface area contributed by atoms with Gasteiger partial charge in [-0.05, 0) is 118 Å². The van der Waals surface area contributed by atoms with Crippen molar-refractivity contribution < 1.29 is 19.4 Å². The van der Waals surface area contributed by atoms with Gasteiger partial charge in [-0.15, -0.1) is 0 Å². The number of carboxylic acids is 1. The molecule has 3 aromatic carbocycles. The quantitative estimate of drug-likeness (QED) is 0.135. The van der Waals surface area contributed by atoms with Crippen LogP contribution >= 0.6 is 23.2 Å². The highest BCUT2D eigenvalue weighted by Crippen LogP contribution is 2.43. The predicted molar refractivity (Wildman–Crippen MR) is 199 cm³/mol. The third-order valence-corrected chi connectivity index (χ3v) is 10.6. The normalized spacial score (nSPS) is 13.2. The first-order valence-corrected chi connectivity index (χ1v) is 17.7. The van der Waals surface area contributed by atoms with Crippen LogP contribution in [0.3, 0.4) is 0 Å². The lowest BCUT2D eigenvalue weighted by Gasteiger charge is -2.22. The van der Waals surface area contributed by atoms with Gasteiger partial charge in [0, 0.05) is 53.9 Å². The maximum Gasteiger partial charge on any atom is 0.335 e. The number of benzene rings is 3. The van der Waals surface area contributed by atoms with Crippen LogP contribution < -0.4 is 10.5 Å². The first-order valence-electron chi connectivity index (χ1n) is 17.0. The van der Waals surface area contributed by atoms with Gasteiger partial charge < -0.3 is 25.0 Å². The van der Waals surface area contributed by atoms with Crippen LogP contribution in [0.15, 0.2) is 42.5 Å². The summed E-state index contributed by atoms with van der Waals surface area (Å²) >= 11 is 13.4. The van der Waals surface area contributed by atoms with Crippen LogP contribution in [-0.2, 0) is 33.0 Å². The molecule has 0 saturated carbocycles. The number of halogens is 2. The molecule has 2 aromatic heterocycles. The standard InChI is InChI=1S/C39H43Cl2N5O4/c1-22-16-29(17-23(2)35(22)41)50-15-6-8-30-31-9-10-32(40)34(33-24(3)43-44(5)25(33)4)36(31)46-14-7-13-45(38(47)37(30)46)21-27-18-26(11-12-42)19-28(20-27)39(48)49/h9-10,16-20H,6-8,11-15,21,42H2,1-5H3,(H,48,49). The Hall–Kier alpha value is -4.31. The fraction of sp³-hybridized carbons (Fsp3) is 0.359. The number of rotatable bonds is 11. The molecule has 0 fully saturated rings. The number of carbonyl (C=O) groups excluding carboxylic acids is 1. The molecule has 0 atom stereocenters. The van der Waals surface area contributed by atoms with Crippen molar-refractivity contribution in [1.29, 1.82) is 0 Å². The van der Waals surface area contributed by atoms with Crippen molar-refractivity contribution in [2.24, 2.45) is 12.8 Å². The maximum absolute atomic E-state index is 14.8. The Morgan fingerprint density at radius 1 is 0.980 bits per heavy atom. The van der Waals surface area contributed by atoms with Gasteiger partial charge in [0.05, 0.1) is 28.4 Å². The second-order valence-corrected chi connectivity index (χ2v) is 14.0. The summed E-state index contributed by atoms with van der Waals surface area (Å²) in [5, 5.41) is 16.8. The zero-order chi connectivity index (χ0) is 35.9. The summed E-state index contributed by atoms with van der Waals surface area (Å²) < 4.78 is 10.2. The predicted octanol–water partition coefficient (Wildman–Crippen LogP) is 7.84. The van der Waals surface area contributed by atoms with E-state index in [1.165, 1.54) is 0 Å². The number of nitrogens with zero attached hydrogens (tertiary/aromatic N) is 4. The van der Waals surface area contributed by atoms with Crippen molar-refractivity contribution in [3.63, 3.8) is 0 Å². The molecule has 11 heteroatoms. The second-order valence-electron chi connectivity index (χ2n) is 13.3. The third-order valence-electron chi connectivity index (χ3n) is 9.69. The molecule has 0 unspecified atom stereocenters. The topological polar surface area (TPSA) is 116 Å². The van der Waals surface area contributed by atoms with Crippen LogP contribution in [0.4, 0.5) is 0 Å². The van der Waals surface area contributed by atoms with Gasteiger partial charge in [0.15, 0.2) is 0 Å². The number of fused-ring (bicyclic) bond motifs is 3. The molecule has 3 N–H and O–H groups in total. The molecule has 6 rings (SSSR count). The van der Waals surface area contributed by atoms with Gasteiger partial charge in [-0.25, -0.2) is 4.79 Å². The summed E-state index contributed by atoms with van der Waals surface area (Å²) in [6.07, 6.45) is 2.54. The third kappa shape index (κ3) is 6.74. The molecule has 9 nitrogen and oxygen atoms in total. The van der Waals surface area contributed by atoms with E-state index in [4.69, 9.17) is 38.8 Å². The van der Waals surface area contributed by atoms with Crippen LogP contribution in [0.5, 0.6) is 5.75 Å². The Balaban J connectivity index is 1.43. The summed E-state index contributed by atoms with van der Waals surface area (Å²) in [7, 11) is 1.92. The minimum atomic E-state index is -1.01. The molecular formula is C39H43Cl2N5O4. The first-order chi connectivity index (χ1) is 23.9. The van der Waals surface area contributed by atoms with Crippen LogP contribution in [0.2, 0.25) is 10.0 Å². The molecule has 0 spiro atoms. The van der Waals surface area contributed by atoms with Gasteiger partial charge in [0.25, 0.3) is 5.91 Å². The number of nitrogens with two attached hydrogens (primary N) is 1. The number of hydrogen-bond acceptors (Lipinski definition) is 5. The monoisotopic (exact) mass is 715 g/mol. The Bertz CT molecular complexity index is 2110. The second kappa shape index (κ2) is 14.5. The fourth-order valence-electron chi connectivity index (χ4n) is 7.35. The maximum atomic E-state index is 14.8. The lowest BCUT2D eigenvalue weighted by atomic mass is 9.98.